The van der Waals surface area contributed by atoms with Crippen LogP contribution in [-0.4, -0.2) is 28.8 Å². The Labute approximate surface area is 95.8 Å². The van der Waals surface area contributed by atoms with Crippen LogP contribution in [0.2, 0.25) is 0 Å². The van der Waals surface area contributed by atoms with Crippen LogP contribution in [-0.2, 0) is 4.65 Å². The predicted molar refractivity (Wildman–Crippen MR) is 63.7 cm³/mol. The highest BCUT2D eigenvalue weighted by atomic mass is 32.1. The van der Waals surface area contributed by atoms with Crippen LogP contribution in [0.4, 0.5) is 0 Å². The van der Waals surface area contributed by atoms with Crippen molar-refractivity contribution >= 4 is 23.6 Å². The summed E-state index contributed by atoms with van der Waals surface area (Å²) in [6, 6.07) is 0. The van der Waals surface area contributed by atoms with Gasteiger partial charge in [-0.1, -0.05) is 0 Å². The van der Waals surface area contributed by atoms with E-state index in [4.69, 9.17) is 4.65 Å². The van der Waals surface area contributed by atoms with E-state index in [-0.39, 0.29) is 0 Å². The van der Waals surface area contributed by atoms with Crippen LogP contribution in [0, 0.1) is 6.92 Å². The van der Waals surface area contributed by atoms with Crippen LogP contribution in [0.25, 0.3) is 0 Å². The molecule has 5 heteroatoms. The lowest BCUT2D eigenvalue weighted by atomic mass is 9.86. The van der Waals surface area contributed by atoms with E-state index in [1.807, 2.05) is 20.8 Å². The summed E-state index contributed by atoms with van der Waals surface area (Å²) in [7, 11) is 1.66. The molecule has 0 unspecified atom stereocenters. The third kappa shape index (κ3) is 3.29. The first-order valence-electron chi connectivity index (χ1n) is 4.88. The number of aryl methyl sites for hydroxylation is 1. The minimum atomic E-state index is -0.886. The quantitative estimate of drug-likeness (QED) is 0.786. The number of hydrogen-bond acceptors (Lipinski definition) is 4. The zero-order valence-corrected chi connectivity index (χ0v) is 10.7. The Kier molecular flexibility index (Phi) is 3.58. The van der Waals surface area contributed by atoms with Gasteiger partial charge < -0.3 is 9.76 Å². The second kappa shape index (κ2) is 4.24. The Bertz CT molecular complexity index is 330. The lowest BCUT2D eigenvalue weighted by Crippen LogP contribution is -2.49. The van der Waals surface area contributed by atoms with E-state index < -0.39 is 11.2 Å². The Hall–Kier alpha value is -0.385. The number of nitrogens with zero attached hydrogens (tertiary/aromatic N) is 1. The third-order valence-corrected chi connectivity index (χ3v) is 3.42. The summed E-state index contributed by atoms with van der Waals surface area (Å²) < 4.78 is 6.55. The second-order valence-electron chi connectivity index (χ2n) is 4.59. The van der Waals surface area contributed by atoms with Gasteiger partial charge in [-0.15, -0.1) is 11.3 Å². The molecule has 1 aromatic rings. The summed E-state index contributed by atoms with van der Waals surface area (Å²) in [4.78, 5) is 4.12. The first-order valence-corrected chi connectivity index (χ1v) is 5.70. The van der Waals surface area contributed by atoms with Crippen molar-refractivity contribution in [2.24, 2.45) is 0 Å². The molecule has 0 fully saturated rings. The molecular weight excluding hydrogens is 209 g/mol. The van der Waals surface area contributed by atoms with Crippen molar-refractivity contribution in [3.63, 3.8) is 0 Å². The van der Waals surface area contributed by atoms with E-state index in [9.17, 15) is 5.11 Å². The van der Waals surface area contributed by atoms with Crippen LogP contribution in [0.15, 0.2) is 6.20 Å². The summed E-state index contributed by atoms with van der Waals surface area (Å²) in [5.74, 6) is 0. The highest BCUT2D eigenvalue weighted by Crippen LogP contribution is 2.24. The Morgan fingerprint density at radius 3 is 2.40 bits per heavy atom. The average Bonchev–Trinajstić information content (AvgIpc) is 2.46. The second-order valence-corrected chi connectivity index (χ2v) is 5.85. The van der Waals surface area contributed by atoms with Crippen molar-refractivity contribution in [3.8, 4) is 0 Å². The fourth-order valence-corrected chi connectivity index (χ4v) is 1.43. The molecule has 0 saturated heterocycles. The minimum Gasteiger partial charge on any atom is -0.426 e. The van der Waals surface area contributed by atoms with Crippen molar-refractivity contribution in [2.75, 3.05) is 0 Å². The smallest absolute Gasteiger partial charge is 0.343 e. The molecule has 83 valence electrons. The minimum absolute atomic E-state index is 0.620. The molecule has 15 heavy (non-hydrogen) atoms. The Morgan fingerprint density at radius 1 is 1.40 bits per heavy atom. The molecule has 0 bridgehead atoms. The normalized spacial score (nSPS) is 12.9. The van der Waals surface area contributed by atoms with Gasteiger partial charge in [-0.3, -0.25) is 4.98 Å². The number of aliphatic hydroxyl groups is 1. The van der Waals surface area contributed by atoms with Crippen molar-refractivity contribution in [3.05, 3.63) is 11.2 Å². The average molecular weight is 226 g/mol. The van der Waals surface area contributed by atoms with Gasteiger partial charge in [0.15, 0.2) is 0 Å². The van der Waals surface area contributed by atoms with E-state index in [0.29, 0.717) is 0 Å². The summed E-state index contributed by atoms with van der Waals surface area (Å²) in [5, 5.41) is 10.9. The topological polar surface area (TPSA) is 42.4 Å². The number of rotatable bonds is 4. The van der Waals surface area contributed by atoms with Crippen LogP contribution in [0.1, 0.15) is 32.7 Å². The molecule has 1 N–H and O–H groups in total. The molecule has 0 aliphatic heterocycles. The lowest BCUT2D eigenvalue weighted by Gasteiger charge is -2.37. The molecule has 0 amide bonds. The van der Waals surface area contributed by atoms with Crippen LogP contribution in [0.5, 0.6) is 0 Å². The van der Waals surface area contributed by atoms with Gasteiger partial charge in [-0.2, -0.15) is 0 Å². The maximum Gasteiger partial charge on any atom is 0.343 e. The maximum atomic E-state index is 9.87. The highest BCUT2D eigenvalue weighted by molar-refractivity contribution is 7.20. The van der Waals surface area contributed by atoms with Crippen LogP contribution >= 0.6 is 11.3 Å². The van der Waals surface area contributed by atoms with Crippen molar-refractivity contribution < 1.29 is 9.76 Å². The SMILES string of the molecule is Cc1ncc([B]OC(C)(C)C(C)(C)O)s1. The molecule has 0 aromatic carbocycles. The van der Waals surface area contributed by atoms with E-state index in [2.05, 4.69) is 4.98 Å². The van der Waals surface area contributed by atoms with E-state index in [1.54, 1.807) is 38.9 Å². The van der Waals surface area contributed by atoms with Crippen molar-refractivity contribution in [1.82, 2.24) is 4.98 Å². The first kappa shape index (κ1) is 12.7. The summed E-state index contributed by atoms with van der Waals surface area (Å²) in [5.41, 5.74) is -1.51. The first-order chi connectivity index (χ1) is 6.72. The monoisotopic (exact) mass is 226 g/mol. The van der Waals surface area contributed by atoms with Gasteiger partial charge in [0.1, 0.15) is 0 Å². The van der Waals surface area contributed by atoms with E-state index in [1.165, 1.54) is 0 Å². The van der Waals surface area contributed by atoms with Crippen LogP contribution < -0.4 is 4.78 Å². The molecule has 1 heterocycles. The molecule has 0 atom stereocenters. The highest BCUT2D eigenvalue weighted by Gasteiger charge is 2.35. The standard InChI is InChI=1S/C10H17BNO2S/c1-7-12-6-8(15-7)11-14-10(4,5)9(2,3)13/h6,13H,1-5H3. The Morgan fingerprint density at radius 2 is 2.00 bits per heavy atom. The van der Waals surface area contributed by atoms with Gasteiger partial charge >= 0.3 is 7.48 Å². The van der Waals surface area contributed by atoms with Gasteiger partial charge in [-0.05, 0) is 34.6 Å². The van der Waals surface area contributed by atoms with Gasteiger partial charge in [-0.25, -0.2) is 0 Å². The molecular formula is C10H17BNO2S. The van der Waals surface area contributed by atoms with E-state index in [0.717, 1.165) is 9.78 Å². The molecule has 1 aromatic heterocycles. The molecule has 0 aliphatic carbocycles. The number of thiazole rings is 1. The summed E-state index contributed by atoms with van der Waals surface area (Å²) >= 11 is 1.57. The fraction of sp³-hybridized carbons (Fsp3) is 0.700. The summed E-state index contributed by atoms with van der Waals surface area (Å²) in [6.45, 7) is 9.13. The zero-order valence-electron chi connectivity index (χ0n) is 9.87. The predicted octanol–water partition coefficient (Wildman–Crippen LogP) is 1.26. The molecule has 0 saturated carbocycles. The van der Waals surface area contributed by atoms with Crippen LogP contribution in [0.3, 0.4) is 0 Å². The van der Waals surface area contributed by atoms with Gasteiger partial charge in [0.05, 0.1) is 16.2 Å². The maximum absolute atomic E-state index is 9.87. The fourth-order valence-electron chi connectivity index (χ4n) is 0.782. The molecule has 1 radical (unpaired) electrons. The van der Waals surface area contributed by atoms with E-state index >= 15 is 0 Å². The van der Waals surface area contributed by atoms with Crippen molar-refractivity contribution in [1.29, 1.82) is 0 Å². The molecule has 0 spiro atoms. The lowest BCUT2D eigenvalue weighted by molar-refractivity contribution is -0.0892. The number of hydrogen-bond donors (Lipinski definition) is 1. The third-order valence-electron chi connectivity index (χ3n) is 2.58. The Balaban J connectivity index is 2.57. The van der Waals surface area contributed by atoms with Gasteiger partial charge in [0, 0.05) is 11.0 Å². The van der Waals surface area contributed by atoms with Crippen molar-refractivity contribution in [2.45, 2.75) is 45.8 Å². The van der Waals surface area contributed by atoms with Gasteiger partial charge in [0.2, 0.25) is 0 Å². The number of aromatic nitrogens is 1. The summed E-state index contributed by atoms with van der Waals surface area (Å²) in [6.07, 6.45) is 1.76. The molecule has 1 rings (SSSR count). The largest absolute Gasteiger partial charge is 0.426 e. The molecule has 0 aliphatic rings. The van der Waals surface area contributed by atoms with Gasteiger partial charge in [0.25, 0.3) is 0 Å². The molecule has 3 nitrogen and oxygen atoms in total. The zero-order chi connectivity index (χ0) is 11.7.